The zero-order chi connectivity index (χ0) is 27.3. The van der Waals surface area contributed by atoms with Crippen molar-refractivity contribution in [2.24, 2.45) is 0 Å². The predicted octanol–water partition coefficient (Wildman–Crippen LogP) is 6.71. The van der Waals surface area contributed by atoms with Crippen LogP contribution >= 0.6 is 34.8 Å². The quantitative estimate of drug-likeness (QED) is 0.221. The molecule has 38 heavy (non-hydrogen) atoms. The van der Waals surface area contributed by atoms with Crippen LogP contribution < -0.4 is 5.32 Å². The monoisotopic (exact) mass is 586 g/mol. The smallest absolute Gasteiger partial charge is 0.243 e. The summed E-state index contributed by atoms with van der Waals surface area (Å²) in [6, 6.07) is 25.4. The largest absolute Gasteiger partial charge is 0.324 e. The molecule has 0 aliphatic rings. The van der Waals surface area contributed by atoms with E-state index in [-0.39, 0.29) is 28.5 Å². The predicted molar refractivity (Wildman–Crippen MR) is 150 cm³/mol. The third-order valence-electron chi connectivity index (χ3n) is 5.58. The summed E-state index contributed by atoms with van der Waals surface area (Å²) in [7, 11) is -4.10. The summed E-state index contributed by atoms with van der Waals surface area (Å²) in [5, 5.41) is 3.87. The summed E-state index contributed by atoms with van der Waals surface area (Å²) in [5.74, 6) is -0.976. The Hall–Kier alpha value is -3.20. The van der Waals surface area contributed by atoms with Crippen molar-refractivity contribution in [1.82, 2.24) is 4.31 Å². The summed E-state index contributed by atoms with van der Waals surface area (Å²) < 4.78 is 28.1. The molecule has 0 saturated carbocycles. The van der Waals surface area contributed by atoms with Gasteiger partial charge in [-0.15, -0.1) is 0 Å². The number of hydrogen-bond donors (Lipinski definition) is 1. The average Bonchev–Trinajstić information content (AvgIpc) is 2.91. The topological polar surface area (TPSA) is 83.6 Å². The van der Waals surface area contributed by atoms with E-state index in [1.165, 1.54) is 42.5 Å². The van der Waals surface area contributed by atoms with Gasteiger partial charge in [-0.25, -0.2) is 8.42 Å². The zero-order valence-electron chi connectivity index (χ0n) is 19.8. The molecule has 4 aromatic rings. The van der Waals surface area contributed by atoms with Crippen LogP contribution in [0, 0.1) is 0 Å². The van der Waals surface area contributed by atoms with Gasteiger partial charge in [-0.3, -0.25) is 9.59 Å². The van der Waals surface area contributed by atoms with Gasteiger partial charge in [-0.1, -0.05) is 77.3 Å². The molecule has 6 nitrogen and oxygen atoms in total. The molecule has 0 fully saturated rings. The summed E-state index contributed by atoms with van der Waals surface area (Å²) in [5.41, 5.74) is 1.44. The number of benzene rings is 4. The van der Waals surface area contributed by atoms with E-state index in [4.69, 9.17) is 34.8 Å². The lowest BCUT2D eigenvalue weighted by atomic mass is 10.0. The lowest BCUT2D eigenvalue weighted by Gasteiger charge is -2.22. The fraction of sp³-hybridized carbons (Fsp3) is 0.0714. The molecule has 1 amide bonds. The van der Waals surface area contributed by atoms with Crippen molar-refractivity contribution in [3.05, 3.63) is 129 Å². The molecule has 4 rings (SSSR count). The third kappa shape index (κ3) is 6.81. The van der Waals surface area contributed by atoms with Crippen LogP contribution in [0.4, 0.5) is 5.69 Å². The first-order valence-electron chi connectivity index (χ1n) is 11.3. The van der Waals surface area contributed by atoms with Crippen molar-refractivity contribution < 1.29 is 18.0 Å². The van der Waals surface area contributed by atoms with E-state index >= 15 is 0 Å². The first kappa shape index (κ1) is 27.8. The molecule has 10 heteroatoms. The van der Waals surface area contributed by atoms with E-state index in [9.17, 15) is 18.0 Å². The van der Waals surface area contributed by atoms with Crippen LogP contribution in [-0.2, 0) is 21.4 Å². The normalized spacial score (nSPS) is 11.4. The fourth-order valence-electron chi connectivity index (χ4n) is 3.68. The molecule has 0 saturated heterocycles. The van der Waals surface area contributed by atoms with Crippen LogP contribution in [0.25, 0.3) is 0 Å². The number of carbonyl (C=O) groups excluding carboxylic acids is 2. The number of nitrogens with one attached hydrogen (secondary N) is 1. The summed E-state index contributed by atoms with van der Waals surface area (Å²) in [6.07, 6.45) is 0. The van der Waals surface area contributed by atoms with Gasteiger partial charge in [-0.05, 0) is 60.2 Å². The highest BCUT2D eigenvalue weighted by molar-refractivity contribution is 7.89. The molecule has 1 N–H and O–H groups in total. The van der Waals surface area contributed by atoms with Crippen molar-refractivity contribution in [2.75, 3.05) is 11.9 Å². The Labute approximate surface area is 235 Å². The number of sulfonamides is 1. The Morgan fingerprint density at radius 1 is 0.737 bits per heavy atom. The first-order chi connectivity index (χ1) is 18.1. The number of carbonyl (C=O) groups is 2. The zero-order valence-corrected chi connectivity index (χ0v) is 22.9. The fourth-order valence-corrected chi connectivity index (χ4v) is 5.49. The summed E-state index contributed by atoms with van der Waals surface area (Å²) in [4.78, 5) is 26.3. The van der Waals surface area contributed by atoms with Crippen LogP contribution in [0.1, 0.15) is 21.5 Å². The average molecular weight is 588 g/mol. The van der Waals surface area contributed by atoms with Crippen LogP contribution in [0.2, 0.25) is 15.1 Å². The van der Waals surface area contributed by atoms with Gasteiger partial charge < -0.3 is 5.32 Å². The maximum absolute atomic E-state index is 13.5. The van der Waals surface area contributed by atoms with E-state index in [2.05, 4.69) is 5.32 Å². The van der Waals surface area contributed by atoms with E-state index in [1.807, 2.05) is 0 Å². The highest BCUT2D eigenvalue weighted by Crippen LogP contribution is 2.25. The number of amides is 1. The van der Waals surface area contributed by atoms with E-state index < -0.39 is 22.5 Å². The van der Waals surface area contributed by atoms with Crippen molar-refractivity contribution in [2.45, 2.75) is 11.4 Å². The van der Waals surface area contributed by atoms with Crippen LogP contribution in [0.3, 0.4) is 0 Å². The number of nitrogens with zero attached hydrogens (tertiary/aromatic N) is 1. The van der Waals surface area contributed by atoms with Crippen LogP contribution in [0.15, 0.2) is 102 Å². The van der Waals surface area contributed by atoms with Gasteiger partial charge in [0.1, 0.15) is 0 Å². The Kier molecular flexibility index (Phi) is 8.87. The molecule has 0 heterocycles. The first-order valence-corrected chi connectivity index (χ1v) is 13.9. The molecule has 194 valence electrons. The van der Waals surface area contributed by atoms with Crippen molar-refractivity contribution in [3.63, 3.8) is 0 Å². The molecule has 0 radical (unpaired) electrons. The molecule has 4 aromatic carbocycles. The minimum absolute atomic E-state index is 0.0184. The Morgan fingerprint density at radius 3 is 1.95 bits per heavy atom. The lowest BCUT2D eigenvalue weighted by molar-refractivity contribution is -0.116. The molecule has 0 aliphatic heterocycles. The molecule has 0 bridgehead atoms. The lowest BCUT2D eigenvalue weighted by Crippen LogP contribution is -2.37. The summed E-state index contributed by atoms with van der Waals surface area (Å²) in [6.45, 7) is -0.610. The van der Waals surface area contributed by atoms with Gasteiger partial charge in [0.05, 0.1) is 17.1 Å². The second-order valence-electron chi connectivity index (χ2n) is 8.29. The minimum Gasteiger partial charge on any atom is -0.324 e. The SMILES string of the molecule is O=C(CN(Cc1ccc(Cl)cc1)S(=O)(=O)c1ccc(Cl)cc1)Nc1ccc(Cl)cc1C(=O)c1ccccc1. The van der Waals surface area contributed by atoms with Gasteiger partial charge in [0, 0.05) is 32.7 Å². The number of hydrogen-bond acceptors (Lipinski definition) is 4. The van der Waals surface area contributed by atoms with Crippen LogP contribution in [-0.4, -0.2) is 31.0 Å². The second-order valence-corrected chi connectivity index (χ2v) is 11.5. The standard InChI is InChI=1S/C28H21Cl3N2O4S/c29-21-8-6-19(7-9-21)17-33(38(36,37)24-13-10-22(30)11-14-24)18-27(34)32-26-15-12-23(31)16-25(26)28(35)20-4-2-1-3-5-20/h1-16H,17-18H2,(H,32,34). The van der Waals surface area contributed by atoms with Gasteiger partial charge in [0.2, 0.25) is 15.9 Å². The Bertz CT molecular complexity index is 1560. The highest BCUT2D eigenvalue weighted by atomic mass is 35.5. The van der Waals surface area contributed by atoms with Crippen molar-refractivity contribution >= 4 is 62.2 Å². The van der Waals surface area contributed by atoms with E-state index in [0.29, 0.717) is 26.2 Å². The Balaban J connectivity index is 1.63. The molecule has 0 spiro atoms. The summed E-state index contributed by atoms with van der Waals surface area (Å²) >= 11 is 18.0. The molecular weight excluding hydrogens is 567 g/mol. The number of rotatable bonds is 9. The van der Waals surface area contributed by atoms with Gasteiger partial charge in [0.25, 0.3) is 0 Å². The number of ketones is 1. The van der Waals surface area contributed by atoms with E-state index in [0.717, 1.165) is 4.31 Å². The minimum atomic E-state index is -4.10. The van der Waals surface area contributed by atoms with Gasteiger partial charge in [0.15, 0.2) is 5.78 Å². The van der Waals surface area contributed by atoms with Crippen molar-refractivity contribution in [1.29, 1.82) is 0 Å². The molecule has 0 atom stereocenters. The molecule has 0 aromatic heterocycles. The maximum Gasteiger partial charge on any atom is 0.243 e. The van der Waals surface area contributed by atoms with Gasteiger partial charge in [-0.2, -0.15) is 4.31 Å². The van der Waals surface area contributed by atoms with Gasteiger partial charge >= 0.3 is 0 Å². The molecular formula is C28H21Cl3N2O4S. The highest BCUT2D eigenvalue weighted by Gasteiger charge is 2.27. The third-order valence-corrected chi connectivity index (χ3v) is 8.12. The number of anilines is 1. The Morgan fingerprint density at radius 2 is 1.32 bits per heavy atom. The van der Waals surface area contributed by atoms with Crippen molar-refractivity contribution in [3.8, 4) is 0 Å². The molecule has 0 aliphatic carbocycles. The van der Waals surface area contributed by atoms with E-state index in [1.54, 1.807) is 54.6 Å². The maximum atomic E-state index is 13.5. The van der Waals surface area contributed by atoms with Crippen LogP contribution in [0.5, 0.6) is 0 Å². The second kappa shape index (κ2) is 12.1. The number of halogens is 3. The molecule has 0 unspecified atom stereocenters.